The lowest BCUT2D eigenvalue weighted by Crippen LogP contribution is -2.34. The Morgan fingerprint density at radius 3 is 2.78 bits per heavy atom. The van der Waals surface area contributed by atoms with E-state index in [2.05, 4.69) is 29.7 Å². The van der Waals surface area contributed by atoms with Gasteiger partial charge in [-0.2, -0.15) is 0 Å². The number of methoxy groups -OCH3 is 1. The van der Waals surface area contributed by atoms with E-state index >= 15 is 0 Å². The average Bonchev–Trinajstić information content (AvgIpc) is 3.27. The molecule has 3 atom stereocenters. The van der Waals surface area contributed by atoms with Crippen molar-refractivity contribution in [1.29, 1.82) is 0 Å². The first-order valence-electron chi connectivity index (χ1n) is 9.55. The first kappa shape index (κ1) is 19.4. The molecule has 2 aromatic rings. The summed E-state index contributed by atoms with van der Waals surface area (Å²) in [6.07, 6.45) is 1.27. The molecule has 0 fully saturated rings. The van der Waals surface area contributed by atoms with Gasteiger partial charge in [0, 0.05) is 46.6 Å². The van der Waals surface area contributed by atoms with Gasteiger partial charge in [0.05, 0.1) is 32.5 Å². The molecule has 5 nitrogen and oxygen atoms in total. The number of hydrogen-bond acceptors (Lipinski definition) is 7. The zero-order chi connectivity index (χ0) is 18.8. The fourth-order valence-electron chi connectivity index (χ4n) is 3.95. The van der Waals surface area contributed by atoms with Gasteiger partial charge in [-0.1, -0.05) is 0 Å². The van der Waals surface area contributed by atoms with Crippen LogP contribution >= 0.6 is 22.7 Å². The maximum Gasteiger partial charge on any atom is 0.173 e. The smallest absolute Gasteiger partial charge is 0.173 e. The maximum atomic E-state index is 6.15. The average molecular weight is 409 g/mol. The lowest BCUT2D eigenvalue weighted by Gasteiger charge is -2.30. The summed E-state index contributed by atoms with van der Waals surface area (Å²) in [6.45, 7) is 6.34. The SMILES string of the molecule is CNC[C@H]1OCC(CNCC2OCCc3sc(OC)cc32)c2sc(C)cc21. The Morgan fingerprint density at radius 1 is 1.11 bits per heavy atom. The summed E-state index contributed by atoms with van der Waals surface area (Å²) in [5.41, 5.74) is 2.65. The Balaban J connectivity index is 1.39. The number of hydrogen-bond donors (Lipinski definition) is 2. The molecule has 0 radical (unpaired) electrons. The third-order valence-electron chi connectivity index (χ3n) is 5.26. The Bertz CT molecular complexity index is 773. The van der Waals surface area contributed by atoms with Crippen LogP contribution in [0.15, 0.2) is 12.1 Å². The highest BCUT2D eigenvalue weighted by Gasteiger charge is 2.30. The normalized spacial score (nSPS) is 24.5. The van der Waals surface area contributed by atoms with E-state index in [1.54, 1.807) is 18.4 Å². The molecule has 4 rings (SSSR count). The molecular formula is C20H28N2O3S2. The minimum Gasteiger partial charge on any atom is -0.487 e. The summed E-state index contributed by atoms with van der Waals surface area (Å²) in [7, 11) is 3.71. The molecule has 4 heterocycles. The van der Waals surface area contributed by atoms with Crippen LogP contribution in [-0.2, 0) is 15.9 Å². The highest BCUT2D eigenvalue weighted by atomic mass is 32.1. The number of nitrogens with one attached hydrogen (secondary N) is 2. The van der Waals surface area contributed by atoms with Crippen molar-refractivity contribution < 1.29 is 14.2 Å². The summed E-state index contributed by atoms with van der Waals surface area (Å²) in [5.74, 6) is 0.409. The Labute approximate surface area is 169 Å². The van der Waals surface area contributed by atoms with E-state index in [1.807, 2.05) is 18.4 Å². The third-order valence-corrected chi connectivity index (χ3v) is 7.66. The van der Waals surface area contributed by atoms with Crippen LogP contribution in [0.5, 0.6) is 5.06 Å². The van der Waals surface area contributed by atoms with Crippen molar-refractivity contribution in [2.75, 3.05) is 47.0 Å². The first-order chi connectivity index (χ1) is 13.2. The molecule has 27 heavy (non-hydrogen) atoms. The van der Waals surface area contributed by atoms with Crippen LogP contribution in [0, 0.1) is 6.92 Å². The summed E-state index contributed by atoms with van der Waals surface area (Å²) in [4.78, 5) is 4.24. The van der Waals surface area contributed by atoms with Gasteiger partial charge in [0.15, 0.2) is 5.06 Å². The predicted octanol–water partition coefficient (Wildman–Crippen LogP) is 3.40. The Morgan fingerprint density at radius 2 is 1.96 bits per heavy atom. The van der Waals surface area contributed by atoms with E-state index < -0.39 is 0 Å². The van der Waals surface area contributed by atoms with Crippen molar-refractivity contribution in [3.63, 3.8) is 0 Å². The molecule has 0 bridgehead atoms. The molecule has 2 aliphatic rings. The lowest BCUT2D eigenvalue weighted by molar-refractivity contribution is 0.0261. The van der Waals surface area contributed by atoms with Crippen molar-refractivity contribution in [1.82, 2.24) is 10.6 Å². The molecule has 0 amide bonds. The molecule has 0 aliphatic carbocycles. The van der Waals surface area contributed by atoms with Crippen molar-refractivity contribution >= 4 is 22.7 Å². The van der Waals surface area contributed by atoms with Gasteiger partial charge < -0.3 is 24.8 Å². The second-order valence-electron chi connectivity index (χ2n) is 7.17. The summed E-state index contributed by atoms with van der Waals surface area (Å²) in [6, 6.07) is 4.43. The van der Waals surface area contributed by atoms with Gasteiger partial charge in [0.1, 0.15) is 0 Å². The van der Waals surface area contributed by atoms with Crippen molar-refractivity contribution in [3.05, 3.63) is 37.9 Å². The zero-order valence-electron chi connectivity index (χ0n) is 16.2. The standard InChI is InChI=1S/C20H28N2O3S2/c1-12-6-15-16(9-21-2)25-11-13(20(15)26-12)8-22-10-17-14-7-19(23-3)27-18(14)4-5-24-17/h6-7,13,16-17,21-22H,4-5,8-11H2,1-3H3/t13?,16-,17?/m1/s1. The van der Waals surface area contributed by atoms with Gasteiger partial charge in [-0.05, 0) is 37.2 Å². The second kappa shape index (κ2) is 8.59. The van der Waals surface area contributed by atoms with Crippen molar-refractivity contribution in [2.45, 2.75) is 31.5 Å². The quantitative estimate of drug-likeness (QED) is 0.735. The monoisotopic (exact) mass is 408 g/mol. The zero-order valence-corrected chi connectivity index (χ0v) is 17.8. The first-order valence-corrected chi connectivity index (χ1v) is 11.2. The van der Waals surface area contributed by atoms with Gasteiger partial charge in [-0.3, -0.25) is 0 Å². The highest BCUT2D eigenvalue weighted by molar-refractivity contribution is 7.14. The number of fused-ring (bicyclic) bond motifs is 2. The molecule has 0 spiro atoms. The summed E-state index contributed by atoms with van der Waals surface area (Å²) in [5, 5.41) is 7.86. The molecule has 0 aromatic carbocycles. The van der Waals surface area contributed by atoms with Gasteiger partial charge >= 0.3 is 0 Å². The Kier molecular flexibility index (Phi) is 6.16. The third kappa shape index (κ3) is 4.09. The highest BCUT2D eigenvalue weighted by Crippen LogP contribution is 2.40. The minimum atomic E-state index is 0.111. The Hall–Kier alpha value is -0.960. The molecule has 2 aromatic heterocycles. The van der Waals surface area contributed by atoms with Gasteiger partial charge in [0.2, 0.25) is 0 Å². The predicted molar refractivity (Wildman–Crippen MR) is 111 cm³/mol. The molecular weight excluding hydrogens is 380 g/mol. The van der Waals surface area contributed by atoms with E-state index in [1.165, 1.54) is 25.8 Å². The molecule has 2 unspecified atom stereocenters. The summed E-state index contributed by atoms with van der Waals surface area (Å²) < 4.78 is 17.6. The fraction of sp³-hybridized carbons (Fsp3) is 0.600. The van der Waals surface area contributed by atoms with Gasteiger partial charge in [0.25, 0.3) is 0 Å². The fourth-order valence-corrected chi connectivity index (χ4v) is 6.12. The van der Waals surface area contributed by atoms with Crippen LogP contribution in [0.25, 0.3) is 0 Å². The van der Waals surface area contributed by atoms with Crippen molar-refractivity contribution in [3.8, 4) is 5.06 Å². The summed E-state index contributed by atoms with van der Waals surface area (Å²) >= 11 is 3.66. The number of rotatable bonds is 7. The van der Waals surface area contributed by atoms with Crippen molar-refractivity contribution in [2.24, 2.45) is 0 Å². The van der Waals surface area contributed by atoms with E-state index in [0.717, 1.165) is 44.3 Å². The van der Waals surface area contributed by atoms with Crippen LogP contribution in [0.3, 0.4) is 0 Å². The van der Waals surface area contributed by atoms with Gasteiger partial charge in [-0.15, -0.1) is 22.7 Å². The molecule has 0 saturated carbocycles. The topological polar surface area (TPSA) is 51.8 Å². The molecule has 2 aliphatic heterocycles. The number of ether oxygens (including phenoxy) is 3. The van der Waals surface area contributed by atoms with E-state index in [4.69, 9.17) is 14.2 Å². The minimum absolute atomic E-state index is 0.111. The van der Waals surface area contributed by atoms with Crippen LogP contribution in [0.2, 0.25) is 0 Å². The van der Waals surface area contributed by atoms with E-state index in [0.29, 0.717) is 5.92 Å². The van der Waals surface area contributed by atoms with Crippen LogP contribution in [0.4, 0.5) is 0 Å². The largest absolute Gasteiger partial charge is 0.487 e. The van der Waals surface area contributed by atoms with Gasteiger partial charge in [-0.25, -0.2) is 0 Å². The molecule has 148 valence electrons. The van der Waals surface area contributed by atoms with Crippen LogP contribution in [0.1, 0.15) is 43.9 Å². The van der Waals surface area contributed by atoms with Crippen LogP contribution < -0.4 is 15.4 Å². The molecule has 2 N–H and O–H groups in total. The molecule has 0 saturated heterocycles. The number of likely N-dealkylation sites (N-methyl/N-ethyl adjacent to an activating group) is 1. The molecule has 7 heteroatoms. The second-order valence-corrected chi connectivity index (χ2v) is 9.56. The van der Waals surface area contributed by atoms with E-state index in [-0.39, 0.29) is 12.2 Å². The number of aryl methyl sites for hydroxylation is 1. The van der Waals surface area contributed by atoms with Crippen LogP contribution in [-0.4, -0.2) is 47.0 Å². The lowest BCUT2D eigenvalue weighted by atomic mass is 9.97. The maximum absolute atomic E-state index is 6.15. The number of thiophene rings is 2. The van der Waals surface area contributed by atoms with E-state index in [9.17, 15) is 0 Å².